The molecule has 1 aliphatic rings. The van der Waals surface area contributed by atoms with Crippen LogP contribution in [0.3, 0.4) is 0 Å². The molecular formula is C19H32N2. The Hall–Kier alpha value is -0.860. The fourth-order valence-electron chi connectivity index (χ4n) is 3.35. The first kappa shape index (κ1) is 16.5. The number of rotatable bonds is 4. The lowest BCUT2D eigenvalue weighted by molar-refractivity contribution is 0.136. The van der Waals surface area contributed by atoms with Crippen LogP contribution in [-0.2, 0) is 5.41 Å². The van der Waals surface area contributed by atoms with Crippen LogP contribution in [0, 0.1) is 0 Å². The van der Waals surface area contributed by atoms with E-state index in [1.54, 1.807) is 0 Å². The van der Waals surface area contributed by atoms with Crippen molar-refractivity contribution in [1.29, 1.82) is 0 Å². The molecule has 2 N–H and O–H groups in total. The van der Waals surface area contributed by atoms with Crippen LogP contribution in [0.25, 0.3) is 0 Å². The summed E-state index contributed by atoms with van der Waals surface area (Å²) in [5.74, 6) is 0. The summed E-state index contributed by atoms with van der Waals surface area (Å²) in [6, 6.07) is 9.78. The molecule has 1 saturated heterocycles. The fourth-order valence-corrected chi connectivity index (χ4v) is 3.35. The molecule has 2 nitrogen and oxygen atoms in total. The molecule has 1 aliphatic heterocycles. The molecule has 0 amide bonds. The maximum absolute atomic E-state index is 6.46. The van der Waals surface area contributed by atoms with Gasteiger partial charge in [0.25, 0.3) is 0 Å². The summed E-state index contributed by atoms with van der Waals surface area (Å²) < 4.78 is 0. The van der Waals surface area contributed by atoms with Gasteiger partial charge in [-0.3, -0.25) is 4.90 Å². The lowest BCUT2D eigenvalue weighted by atomic mass is 9.86. The lowest BCUT2D eigenvalue weighted by Crippen LogP contribution is -2.43. The van der Waals surface area contributed by atoms with Gasteiger partial charge in [0, 0.05) is 18.6 Å². The summed E-state index contributed by atoms with van der Waals surface area (Å²) in [6.45, 7) is 11.3. The normalized spacial score (nSPS) is 22.2. The van der Waals surface area contributed by atoms with Crippen LogP contribution in [0.15, 0.2) is 24.3 Å². The van der Waals surface area contributed by atoms with Gasteiger partial charge in [0.1, 0.15) is 0 Å². The van der Waals surface area contributed by atoms with Crippen molar-refractivity contribution in [2.75, 3.05) is 13.1 Å². The number of nitrogens with zero attached hydrogens (tertiary/aromatic N) is 1. The van der Waals surface area contributed by atoms with Crippen LogP contribution in [0.4, 0.5) is 0 Å². The van der Waals surface area contributed by atoms with E-state index in [1.807, 2.05) is 0 Å². The summed E-state index contributed by atoms with van der Waals surface area (Å²) in [7, 11) is 0. The van der Waals surface area contributed by atoms with Crippen LogP contribution in [-0.4, -0.2) is 24.0 Å². The standard InChI is InChI=1S/C19H32N2/c1-5-17-8-6-7-13-21(17)14-18(20)15-9-11-16(12-10-15)19(2,3)4/h9-12,17-18H,5-8,13-14,20H2,1-4H3. The van der Waals surface area contributed by atoms with Gasteiger partial charge in [-0.25, -0.2) is 0 Å². The molecule has 2 rings (SSSR count). The van der Waals surface area contributed by atoms with Crippen molar-refractivity contribution in [2.24, 2.45) is 5.73 Å². The largest absolute Gasteiger partial charge is 0.323 e. The van der Waals surface area contributed by atoms with Gasteiger partial charge < -0.3 is 5.73 Å². The topological polar surface area (TPSA) is 29.3 Å². The summed E-state index contributed by atoms with van der Waals surface area (Å²) in [5.41, 5.74) is 9.32. The Kier molecular flexibility index (Phi) is 5.45. The molecule has 21 heavy (non-hydrogen) atoms. The first-order valence-corrected chi connectivity index (χ1v) is 8.52. The van der Waals surface area contributed by atoms with E-state index in [9.17, 15) is 0 Å². The number of hydrogen-bond acceptors (Lipinski definition) is 2. The van der Waals surface area contributed by atoms with Crippen LogP contribution in [0.2, 0.25) is 0 Å². The highest BCUT2D eigenvalue weighted by atomic mass is 15.2. The Bertz CT molecular complexity index is 430. The van der Waals surface area contributed by atoms with Crippen molar-refractivity contribution < 1.29 is 0 Å². The summed E-state index contributed by atoms with van der Waals surface area (Å²) in [6.07, 6.45) is 5.29. The second-order valence-corrected chi connectivity index (χ2v) is 7.53. The van der Waals surface area contributed by atoms with Crippen molar-refractivity contribution in [2.45, 2.75) is 70.9 Å². The Morgan fingerprint density at radius 3 is 2.43 bits per heavy atom. The van der Waals surface area contributed by atoms with Crippen molar-refractivity contribution in [3.05, 3.63) is 35.4 Å². The third kappa shape index (κ3) is 4.31. The van der Waals surface area contributed by atoms with E-state index < -0.39 is 0 Å². The second kappa shape index (κ2) is 6.93. The van der Waals surface area contributed by atoms with E-state index in [4.69, 9.17) is 5.73 Å². The van der Waals surface area contributed by atoms with Gasteiger partial charge in [-0.1, -0.05) is 58.4 Å². The highest BCUT2D eigenvalue weighted by Gasteiger charge is 2.23. The Morgan fingerprint density at radius 1 is 1.19 bits per heavy atom. The van der Waals surface area contributed by atoms with Crippen LogP contribution >= 0.6 is 0 Å². The molecule has 0 bridgehead atoms. The van der Waals surface area contributed by atoms with E-state index in [1.165, 1.54) is 43.4 Å². The zero-order chi connectivity index (χ0) is 15.5. The Morgan fingerprint density at radius 2 is 1.86 bits per heavy atom. The van der Waals surface area contributed by atoms with E-state index in [2.05, 4.69) is 56.9 Å². The molecule has 2 unspecified atom stereocenters. The second-order valence-electron chi connectivity index (χ2n) is 7.53. The average molecular weight is 288 g/mol. The Balaban J connectivity index is 2.01. The van der Waals surface area contributed by atoms with Gasteiger partial charge in [0.15, 0.2) is 0 Å². The molecule has 0 aliphatic carbocycles. The molecule has 0 radical (unpaired) electrons. The lowest BCUT2D eigenvalue weighted by Gasteiger charge is -2.36. The highest BCUT2D eigenvalue weighted by molar-refractivity contribution is 5.29. The van der Waals surface area contributed by atoms with E-state index >= 15 is 0 Å². The van der Waals surface area contributed by atoms with Crippen molar-refractivity contribution >= 4 is 0 Å². The van der Waals surface area contributed by atoms with E-state index in [-0.39, 0.29) is 11.5 Å². The monoisotopic (exact) mass is 288 g/mol. The van der Waals surface area contributed by atoms with Crippen molar-refractivity contribution in [3.63, 3.8) is 0 Å². The zero-order valence-electron chi connectivity index (χ0n) is 14.2. The zero-order valence-corrected chi connectivity index (χ0v) is 14.2. The molecule has 1 aromatic carbocycles. The first-order chi connectivity index (χ1) is 9.91. The third-order valence-electron chi connectivity index (χ3n) is 4.86. The van der Waals surface area contributed by atoms with Crippen LogP contribution in [0.5, 0.6) is 0 Å². The molecule has 2 heteroatoms. The molecule has 1 fully saturated rings. The number of likely N-dealkylation sites (tertiary alicyclic amines) is 1. The third-order valence-corrected chi connectivity index (χ3v) is 4.86. The molecule has 2 atom stereocenters. The highest BCUT2D eigenvalue weighted by Crippen LogP contribution is 2.25. The molecule has 118 valence electrons. The number of benzene rings is 1. The quantitative estimate of drug-likeness (QED) is 0.897. The van der Waals surface area contributed by atoms with Crippen LogP contribution in [0.1, 0.15) is 70.5 Å². The number of hydrogen-bond donors (Lipinski definition) is 1. The van der Waals surface area contributed by atoms with Crippen molar-refractivity contribution in [1.82, 2.24) is 4.90 Å². The molecular weight excluding hydrogens is 256 g/mol. The predicted octanol–water partition coefficient (Wildman–Crippen LogP) is 4.25. The van der Waals surface area contributed by atoms with Gasteiger partial charge in [-0.15, -0.1) is 0 Å². The van der Waals surface area contributed by atoms with Gasteiger partial charge >= 0.3 is 0 Å². The van der Waals surface area contributed by atoms with E-state index in [0.717, 1.165) is 12.6 Å². The number of piperidine rings is 1. The molecule has 1 heterocycles. The molecule has 0 spiro atoms. The molecule has 0 aromatic heterocycles. The van der Waals surface area contributed by atoms with Crippen molar-refractivity contribution in [3.8, 4) is 0 Å². The number of nitrogens with two attached hydrogens (primary N) is 1. The summed E-state index contributed by atoms with van der Waals surface area (Å²) in [5, 5.41) is 0. The smallest absolute Gasteiger partial charge is 0.0424 e. The molecule has 0 saturated carbocycles. The minimum atomic E-state index is 0.131. The minimum Gasteiger partial charge on any atom is -0.323 e. The SMILES string of the molecule is CCC1CCCCN1CC(N)c1ccc(C(C)(C)C)cc1. The Labute approximate surface area is 130 Å². The van der Waals surface area contributed by atoms with E-state index in [0.29, 0.717) is 0 Å². The minimum absolute atomic E-state index is 0.131. The van der Waals surface area contributed by atoms with Crippen LogP contribution < -0.4 is 5.73 Å². The van der Waals surface area contributed by atoms with Gasteiger partial charge in [0.05, 0.1) is 0 Å². The maximum Gasteiger partial charge on any atom is 0.0424 e. The predicted molar refractivity (Wildman–Crippen MR) is 91.6 cm³/mol. The van der Waals surface area contributed by atoms with Gasteiger partial charge in [0.2, 0.25) is 0 Å². The summed E-state index contributed by atoms with van der Waals surface area (Å²) >= 11 is 0. The fraction of sp³-hybridized carbons (Fsp3) is 0.684. The average Bonchev–Trinajstić information content (AvgIpc) is 2.47. The van der Waals surface area contributed by atoms with Gasteiger partial charge in [-0.05, 0) is 42.3 Å². The molecule has 1 aromatic rings. The first-order valence-electron chi connectivity index (χ1n) is 8.52. The summed E-state index contributed by atoms with van der Waals surface area (Å²) in [4.78, 5) is 2.60. The van der Waals surface area contributed by atoms with Gasteiger partial charge in [-0.2, -0.15) is 0 Å². The maximum atomic E-state index is 6.46.